The summed E-state index contributed by atoms with van der Waals surface area (Å²) in [6.07, 6.45) is 2.93. The predicted molar refractivity (Wildman–Crippen MR) is 140 cm³/mol. The van der Waals surface area contributed by atoms with E-state index in [2.05, 4.69) is 10.6 Å². The van der Waals surface area contributed by atoms with Gasteiger partial charge in [-0.25, -0.2) is 4.79 Å². The van der Waals surface area contributed by atoms with E-state index in [1.807, 2.05) is 13.0 Å². The fourth-order valence-corrected chi connectivity index (χ4v) is 4.33. The van der Waals surface area contributed by atoms with E-state index in [1.165, 1.54) is 4.57 Å². The van der Waals surface area contributed by atoms with Crippen molar-refractivity contribution in [1.29, 1.82) is 0 Å². The predicted octanol–water partition coefficient (Wildman–Crippen LogP) is 4.87. The third-order valence-electron chi connectivity index (χ3n) is 6.09. The normalized spacial score (nSPS) is 13.6. The Bertz CT molecular complexity index is 1370. The van der Waals surface area contributed by atoms with E-state index in [9.17, 15) is 24.6 Å². The first-order valence-corrected chi connectivity index (χ1v) is 12.4. The first kappa shape index (κ1) is 26.1. The number of carbonyl (C=O) groups excluding carboxylic acids is 1. The summed E-state index contributed by atoms with van der Waals surface area (Å²) in [7, 11) is 0. The van der Waals surface area contributed by atoms with E-state index in [0.29, 0.717) is 34.1 Å². The number of nitrogens with one attached hydrogen (secondary N) is 2. The summed E-state index contributed by atoms with van der Waals surface area (Å²) >= 11 is 6.28. The van der Waals surface area contributed by atoms with E-state index in [-0.39, 0.29) is 23.9 Å². The second-order valence-corrected chi connectivity index (χ2v) is 9.27. The Kier molecular flexibility index (Phi) is 8.03. The number of nitrogens with zero attached hydrogens (tertiary/aromatic N) is 1. The summed E-state index contributed by atoms with van der Waals surface area (Å²) in [4.78, 5) is 37.8. The van der Waals surface area contributed by atoms with Gasteiger partial charge in [0.25, 0.3) is 5.56 Å². The number of aromatic hydroxyl groups is 1. The number of halogens is 1. The molecule has 9 nitrogen and oxygen atoms in total. The number of urea groups is 1. The topological polar surface area (TPSA) is 130 Å². The third kappa shape index (κ3) is 6.42. The van der Waals surface area contributed by atoms with Crippen LogP contribution in [0.2, 0.25) is 5.02 Å². The first-order chi connectivity index (χ1) is 17.8. The smallest absolute Gasteiger partial charge is 0.319 e. The molecule has 1 aromatic heterocycles. The summed E-state index contributed by atoms with van der Waals surface area (Å²) in [5.41, 5.74) is 0.921. The van der Waals surface area contributed by atoms with Gasteiger partial charge in [-0.3, -0.25) is 9.59 Å². The molecule has 0 aliphatic heterocycles. The van der Waals surface area contributed by atoms with Gasteiger partial charge < -0.3 is 30.2 Å². The Morgan fingerprint density at radius 1 is 1.19 bits per heavy atom. The number of hydrogen-bond donors (Lipinski definition) is 4. The SMILES string of the molecule is CCOc1cccc([C@H](CC(=O)O)NC(=O)Nc2c(O)c(C3CC3)cn(Cc3ccccc3Cl)c2=O)c1. The molecule has 1 saturated carbocycles. The van der Waals surface area contributed by atoms with Crippen LogP contribution in [0.4, 0.5) is 10.5 Å². The lowest BCUT2D eigenvalue weighted by molar-refractivity contribution is -0.137. The maximum atomic E-state index is 13.3. The lowest BCUT2D eigenvalue weighted by atomic mass is 10.0. The molecule has 10 heteroatoms. The minimum absolute atomic E-state index is 0.0859. The first-order valence-electron chi connectivity index (χ1n) is 12.0. The molecule has 1 aliphatic rings. The summed E-state index contributed by atoms with van der Waals surface area (Å²) < 4.78 is 6.89. The number of amides is 2. The highest BCUT2D eigenvalue weighted by Gasteiger charge is 2.30. The van der Waals surface area contributed by atoms with Crippen LogP contribution in [0.25, 0.3) is 0 Å². The molecule has 4 rings (SSSR count). The fraction of sp³-hybridized carbons (Fsp3) is 0.296. The van der Waals surface area contributed by atoms with Gasteiger partial charge in [0.2, 0.25) is 0 Å². The van der Waals surface area contributed by atoms with Gasteiger partial charge >= 0.3 is 12.0 Å². The standard InChI is InChI=1S/C27H28ClN3O6/c1-2-37-19-8-5-7-17(12-19)22(13-23(32)33)29-27(36)30-24-25(34)20(16-10-11-16)15-31(26(24)35)14-18-6-3-4-9-21(18)28/h3-9,12,15-16,22,34H,2,10-11,13-14H2,1H3,(H,32,33)(H2,29,30,36)/t22-/m0/s1. The molecule has 0 radical (unpaired) electrons. The quantitative estimate of drug-likeness (QED) is 0.299. The van der Waals surface area contributed by atoms with E-state index >= 15 is 0 Å². The molecule has 1 heterocycles. The van der Waals surface area contributed by atoms with Crippen molar-refractivity contribution in [3.8, 4) is 11.5 Å². The van der Waals surface area contributed by atoms with Gasteiger partial charge in [-0.15, -0.1) is 0 Å². The number of pyridine rings is 1. The van der Waals surface area contributed by atoms with Crippen LogP contribution < -0.4 is 20.9 Å². The Morgan fingerprint density at radius 2 is 1.95 bits per heavy atom. The average Bonchev–Trinajstić information content (AvgIpc) is 3.70. The largest absolute Gasteiger partial charge is 0.505 e. The Balaban J connectivity index is 1.62. The monoisotopic (exact) mass is 525 g/mol. The molecule has 1 fully saturated rings. The van der Waals surface area contributed by atoms with Crippen LogP contribution in [0.3, 0.4) is 0 Å². The van der Waals surface area contributed by atoms with Crippen molar-refractivity contribution < 1.29 is 24.5 Å². The number of carboxylic acid groups (broad SMARTS) is 1. The van der Waals surface area contributed by atoms with Crippen LogP contribution in [0.15, 0.2) is 59.5 Å². The van der Waals surface area contributed by atoms with Gasteiger partial charge in [0.1, 0.15) is 11.5 Å². The van der Waals surface area contributed by atoms with Crippen LogP contribution >= 0.6 is 11.6 Å². The molecule has 194 valence electrons. The Hall–Kier alpha value is -3.98. The summed E-state index contributed by atoms with van der Waals surface area (Å²) in [5, 5.41) is 25.9. The minimum atomic E-state index is -1.12. The molecule has 37 heavy (non-hydrogen) atoms. The molecule has 2 aromatic carbocycles. The molecule has 3 aromatic rings. The molecule has 0 unspecified atom stereocenters. The van der Waals surface area contributed by atoms with Gasteiger partial charge in [0, 0.05) is 16.8 Å². The third-order valence-corrected chi connectivity index (χ3v) is 6.46. The molecular weight excluding hydrogens is 498 g/mol. The molecular formula is C27H28ClN3O6. The highest BCUT2D eigenvalue weighted by molar-refractivity contribution is 6.31. The van der Waals surface area contributed by atoms with Crippen molar-refractivity contribution in [1.82, 2.24) is 9.88 Å². The number of benzene rings is 2. The number of aromatic nitrogens is 1. The number of hydrogen-bond acceptors (Lipinski definition) is 5. The zero-order valence-corrected chi connectivity index (χ0v) is 21.0. The van der Waals surface area contributed by atoms with E-state index < -0.39 is 30.0 Å². The van der Waals surface area contributed by atoms with E-state index in [0.717, 1.165) is 12.8 Å². The molecule has 1 atom stereocenters. The average molecular weight is 526 g/mol. The highest BCUT2D eigenvalue weighted by Crippen LogP contribution is 2.45. The van der Waals surface area contributed by atoms with Crippen LogP contribution in [0, 0.1) is 0 Å². The van der Waals surface area contributed by atoms with Crippen LogP contribution in [0.1, 0.15) is 54.8 Å². The number of carbonyl (C=O) groups is 2. The zero-order valence-electron chi connectivity index (χ0n) is 20.2. The molecule has 0 bridgehead atoms. The van der Waals surface area contributed by atoms with Crippen molar-refractivity contribution in [2.45, 2.75) is 44.7 Å². The van der Waals surface area contributed by atoms with Gasteiger partial charge in [-0.05, 0) is 55.0 Å². The van der Waals surface area contributed by atoms with Gasteiger partial charge in [-0.1, -0.05) is 41.9 Å². The van der Waals surface area contributed by atoms with Crippen LogP contribution in [-0.2, 0) is 11.3 Å². The summed E-state index contributed by atoms with van der Waals surface area (Å²) in [6, 6.07) is 12.2. The van der Waals surface area contributed by atoms with Crippen molar-refractivity contribution in [2.75, 3.05) is 11.9 Å². The lowest BCUT2D eigenvalue weighted by Crippen LogP contribution is -2.36. The minimum Gasteiger partial charge on any atom is -0.505 e. The summed E-state index contributed by atoms with van der Waals surface area (Å²) in [6.45, 7) is 2.41. The van der Waals surface area contributed by atoms with Crippen molar-refractivity contribution in [2.24, 2.45) is 0 Å². The number of rotatable bonds is 10. The lowest BCUT2D eigenvalue weighted by Gasteiger charge is -2.20. The van der Waals surface area contributed by atoms with Gasteiger partial charge in [-0.2, -0.15) is 0 Å². The van der Waals surface area contributed by atoms with E-state index in [4.69, 9.17) is 16.3 Å². The molecule has 2 amide bonds. The van der Waals surface area contributed by atoms with Gasteiger partial charge in [0.05, 0.1) is 25.6 Å². The van der Waals surface area contributed by atoms with Gasteiger partial charge in [0.15, 0.2) is 5.69 Å². The fourth-order valence-electron chi connectivity index (χ4n) is 4.13. The molecule has 0 saturated heterocycles. The van der Waals surface area contributed by atoms with Crippen molar-refractivity contribution in [3.63, 3.8) is 0 Å². The number of anilines is 1. The van der Waals surface area contributed by atoms with Crippen LogP contribution in [0.5, 0.6) is 11.5 Å². The van der Waals surface area contributed by atoms with Crippen LogP contribution in [-0.4, -0.2) is 33.4 Å². The number of aliphatic carboxylic acids is 1. The maximum absolute atomic E-state index is 13.3. The van der Waals surface area contributed by atoms with E-state index in [1.54, 1.807) is 48.7 Å². The zero-order chi connectivity index (χ0) is 26.5. The Labute approximate surface area is 218 Å². The number of ether oxygens (including phenoxy) is 1. The molecule has 4 N–H and O–H groups in total. The second kappa shape index (κ2) is 11.4. The highest BCUT2D eigenvalue weighted by atomic mass is 35.5. The molecule has 0 spiro atoms. The van der Waals surface area contributed by atoms with Crippen molar-refractivity contribution in [3.05, 3.63) is 86.8 Å². The van der Waals surface area contributed by atoms with Crippen molar-refractivity contribution >= 4 is 29.3 Å². The molecule has 1 aliphatic carbocycles. The second-order valence-electron chi connectivity index (χ2n) is 8.86. The Morgan fingerprint density at radius 3 is 2.62 bits per heavy atom. The summed E-state index contributed by atoms with van der Waals surface area (Å²) in [5.74, 6) is -0.781. The number of carboxylic acids is 1. The maximum Gasteiger partial charge on any atom is 0.319 e.